The lowest BCUT2D eigenvalue weighted by Crippen LogP contribution is -2.07. The molecule has 0 spiro atoms. The van der Waals surface area contributed by atoms with E-state index in [9.17, 15) is 9.18 Å². The van der Waals surface area contributed by atoms with E-state index in [0.717, 1.165) is 5.56 Å². The number of esters is 1. The zero-order valence-electron chi connectivity index (χ0n) is 9.89. The molecule has 0 radical (unpaired) electrons. The quantitative estimate of drug-likeness (QED) is 0.780. The number of benzene rings is 1. The lowest BCUT2D eigenvalue weighted by molar-refractivity contribution is 0.0526. The number of carbonyl (C=O) groups excluding carboxylic acids is 1. The molecule has 3 nitrogen and oxygen atoms in total. The van der Waals surface area contributed by atoms with Crippen LogP contribution in [0.25, 0.3) is 11.1 Å². The van der Waals surface area contributed by atoms with Crippen molar-refractivity contribution in [3.63, 3.8) is 0 Å². The van der Waals surface area contributed by atoms with Crippen LogP contribution in [-0.4, -0.2) is 17.6 Å². The second-order valence-electron chi connectivity index (χ2n) is 3.65. The second-order valence-corrected chi connectivity index (χ2v) is 3.65. The van der Waals surface area contributed by atoms with Crippen LogP contribution in [0.3, 0.4) is 0 Å². The van der Waals surface area contributed by atoms with Gasteiger partial charge in [0.05, 0.1) is 12.2 Å². The first-order valence-corrected chi connectivity index (χ1v) is 5.59. The zero-order chi connectivity index (χ0) is 13.0. The third-order valence-corrected chi connectivity index (χ3v) is 2.47. The number of hydrogen-bond donors (Lipinski definition) is 0. The molecule has 1 aromatic heterocycles. The number of aromatic nitrogens is 1. The molecule has 0 aliphatic rings. The number of hydrogen-bond acceptors (Lipinski definition) is 3. The van der Waals surface area contributed by atoms with Crippen LogP contribution in [-0.2, 0) is 4.74 Å². The molecule has 0 atom stereocenters. The van der Waals surface area contributed by atoms with Gasteiger partial charge in [-0.25, -0.2) is 9.18 Å². The highest BCUT2D eigenvalue weighted by Gasteiger charge is 2.14. The van der Waals surface area contributed by atoms with Crippen LogP contribution in [0, 0.1) is 5.82 Å². The molecule has 0 aliphatic heterocycles. The molecule has 4 heteroatoms. The molecule has 0 saturated heterocycles. The Bertz CT molecular complexity index is 555. The van der Waals surface area contributed by atoms with Gasteiger partial charge in [-0.2, -0.15) is 0 Å². The minimum Gasteiger partial charge on any atom is -0.462 e. The minimum absolute atomic E-state index is 0.225. The van der Waals surface area contributed by atoms with Crippen molar-refractivity contribution in [3.05, 3.63) is 54.1 Å². The van der Waals surface area contributed by atoms with Gasteiger partial charge in [0.1, 0.15) is 5.82 Å². The lowest BCUT2D eigenvalue weighted by atomic mass is 10.0. The Morgan fingerprint density at radius 2 is 2.00 bits per heavy atom. The standard InChI is InChI=1S/C14H12FNO2/c1-2-18-14(17)13-9-11(15)3-4-12(13)10-5-7-16-8-6-10/h3-9H,2H2,1H3. The molecule has 18 heavy (non-hydrogen) atoms. The Hall–Kier alpha value is -2.23. The zero-order valence-corrected chi connectivity index (χ0v) is 9.89. The third-order valence-electron chi connectivity index (χ3n) is 2.47. The van der Waals surface area contributed by atoms with Crippen LogP contribution in [0.2, 0.25) is 0 Å². The van der Waals surface area contributed by atoms with E-state index >= 15 is 0 Å². The average Bonchev–Trinajstić information content (AvgIpc) is 2.40. The molecule has 0 aliphatic carbocycles. The maximum atomic E-state index is 13.2. The molecular formula is C14H12FNO2. The summed E-state index contributed by atoms with van der Waals surface area (Å²) in [7, 11) is 0. The molecule has 0 fully saturated rings. The number of nitrogens with zero attached hydrogens (tertiary/aromatic N) is 1. The van der Waals surface area contributed by atoms with Crippen molar-refractivity contribution in [1.29, 1.82) is 0 Å². The van der Waals surface area contributed by atoms with E-state index in [-0.39, 0.29) is 12.2 Å². The topological polar surface area (TPSA) is 39.2 Å². The first-order valence-electron chi connectivity index (χ1n) is 5.59. The molecule has 2 rings (SSSR count). The molecular weight excluding hydrogens is 233 g/mol. The molecule has 0 saturated carbocycles. The van der Waals surface area contributed by atoms with E-state index in [0.29, 0.717) is 5.56 Å². The van der Waals surface area contributed by atoms with Gasteiger partial charge in [0.15, 0.2) is 0 Å². The van der Waals surface area contributed by atoms with Crippen LogP contribution in [0.1, 0.15) is 17.3 Å². The first-order chi connectivity index (χ1) is 8.72. The van der Waals surface area contributed by atoms with Crippen LogP contribution in [0.4, 0.5) is 4.39 Å². The van der Waals surface area contributed by atoms with Gasteiger partial charge in [-0.1, -0.05) is 6.07 Å². The fourth-order valence-corrected chi connectivity index (χ4v) is 1.68. The van der Waals surface area contributed by atoms with Crippen LogP contribution in [0.5, 0.6) is 0 Å². The number of pyridine rings is 1. The number of halogens is 1. The molecule has 0 amide bonds. The predicted molar refractivity (Wildman–Crippen MR) is 65.6 cm³/mol. The van der Waals surface area contributed by atoms with E-state index in [4.69, 9.17) is 4.74 Å². The van der Waals surface area contributed by atoms with Crippen molar-refractivity contribution >= 4 is 5.97 Å². The van der Waals surface area contributed by atoms with Crippen molar-refractivity contribution in [2.45, 2.75) is 6.92 Å². The van der Waals surface area contributed by atoms with Crippen LogP contribution in [0.15, 0.2) is 42.7 Å². The molecule has 1 heterocycles. The fraction of sp³-hybridized carbons (Fsp3) is 0.143. The highest BCUT2D eigenvalue weighted by molar-refractivity contribution is 5.97. The predicted octanol–water partition coefficient (Wildman–Crippen LogP) is 3.06. The Morgan fingerprint density at radius 1 is 1.28 bits per heavy atom. The Labute approximate surface area is 104 Å². The highest BCUT2D eigenvalue weighted by atomic mass is 19.1. The molecule has 92 valence electrons. The van der Waals surface area contributed by atoms with E-state index in [1.165, 1.54) is 12.1 Å². The van der Waals surface area contributed by atoms with Gasteiger partial charge in [0, 0.05) is 12.4 Å². The minimum atomic E-state index is -0.524. The SMILES string of the molecule is CCOC(=O)c1cc(F)ccc1-c1ccncc1. The maximum Gasteiger partial charge on any atom is 0.338 e. The van der Waals surface area contributed by atoms with Crippen molar-refractivity contribution in [2.75, 3.05) is 6.61 Å². The third kappa shape index (κ3) is 2.53. The van der Waals surface area contributed by atoms with Crippen molar-refractivity contribution in [3.8, 4) is 11.1 Å². The van der Waals surface area contributed by atoms with Gasteiger partial charge in [-0.3, -0.25) is 4.98 Å². The Kier molecular flexibility index (Phi) is 3.67. The van der Waals surface area contributed by atoms with Crippen LogP contribution >= 0.6 is 0 Å². The normalized spacial score (nSPS) is 10.1. The summed E-state index contributed by atoms with van der Waals surface area (Å²) in [5.41, 5.74) is 1.66. The van der Waals surface area contributed by atoms with Crippen molar-refractivity contribution in [2.24, 2.45) is 0 Å². The number of carbonyl (C=O) groups is 1. The van der Waals surface area contributed by atoms with Gasteiger partial charge in [-0.15, -0.1) is 0 Å². The Balaban J connectivity index is 2.51. The first kappa shape index (κ1) is 12.2. The molecule has 1 aromatic carbocycles. The number of rotatable bonds is 3. The van der Waals surface area contributed by atoms with Gasteiger partial charge < -0.3 is 4.74 Å². The summed E-state index contributed by atoms with van der Waals surface area (Å²) in [5.74, 6) is -0.986. The lowest BCUT2D eigenvalue weighted by Gasteiger charge is -2.09. The number of ether oxygens (including phenoxy) is 1. The fourth-order valence-electron chi connectivity index (χ4n) is 1.68. The maximum absolute atomic E-state index is 13.2. The van der Waals surface area contributed by atoms with Crippen LogP contribution < -0.4 is 0 Å². The summed E-state index contributed by atoms with van der Waals surface area (Å²) < 4.78 is 18.2. The Morgan fingerprint density at radius 3 is 2.67 bits per heavy atom. The monoisotopic (exact) mass is 245 g/mol. The summed E-state index contributed by atoms with van der Waals surface area (Å²) >= 11 is 0. The highest BCUT2D eigenvalue weighted by Crippen LogP contribution is 2.24. The van der Waals surface area contributed by atoms with E-state index in [1.807, 2.05) is 0 Å². The molecule has 0 bridgehead atoms. The van der Waals surface area contributed by atoms with Gasteiger partial charge in [-0.05, 0) is 42.3 Å². The summed E-state index contributed by atoms with van der Waals surface area (Å²) in [6.45, 7) is 1.97. The molecule has 0 N–H and O–H groups in total. The van der Waals surface area contributed by atoms with E-state index in [2.05, 4.69) is 4.98 Å². The summed E-state index contributed by atoms with van der Waals surface area (Å²) in [5, 5.41) is 0. The van der Waals surface area contributed by atoms with Crippen molar-refractivity contribution in [1.82, 2.24) is 4.98 Å². The second kappa shape index (κ2) is 5.40. The van der Waals surface area contributed by atoms with E-state index in [1.54, 1.807) is 37.5 Å². The van der Waals surface area contributed by atoms with Gasteiger partial charge >= 0.3 is 5.97 Å². The van der Waals surface area contributed by atoms with Crippen molar-refractivity contribution < 1.29 is 13.9 Å². The van der Waals surface area contributed by atoms with Gasteiger partial charge in [0.2, 0.25) is 0 Å². The smallest absolute Gasteiger partial charge is 0.338 e. The van der Waals surface area contributed by atoms with E-state index < -0.39 is 11.8 Å². The molecule has 0 unspecified atom stereocenters. The summed E-state index contributed by atoms with van der Waals surface area (Å²) in [4.78, 5) is 15.7. The molecule has 2 aromatic rings. The summed E-state index contributed by atoms with van der Waals surface area (Å²) in [6, 6.07) is 7.59. The largest absolute Gasteiger partial charge is 0.462 e. The van der Waals surface area contributed by atoms with Gasteiger partial charge in [0.25, 0.3) is 0 Å². The summed E-state index contributed by atoms with van der Waals surface area (Å²) in [6.07, 6.45) is 3.24. The average molecular weight is 245 g/mol.